The first kappa shape index (κ1) is 23.6. The summed E-state index contributed by atoms with van der Waals surface area (Å²) in [6.45, 7) is 4.21. The number of carbonyl (C=O) groups is 1. The van der Waals surface area contributed by atoms with E-state index in [1.54, 1.807) is 24.3 Å². The van der Waals surface area contributed by atoms with Crippen LogP contribution in [0.25, 0.3) is 0 Å². The van der Waals surface area contributed by atoms with E-state index in [1.807, 2.05) is 13.8 Å². The Morgan fingerprint density at radius 2 is 1.84 bits per heavy atom. The summed E-state index contributed by atoms with van der Waals surface area (Å²) in [5, 5.41) is 2.59. The third kappa shape index (κ3) is 11.0. The van der Waals surface area contributed by atoms with E-state index in [0.29, 0.717) is 24.6 Å². The molecule has 0 aromatic heterocycles. The molecule has 0 atom stereocenters. The number of rotatable bonds is 11. The highest BCUT2D eigenvalue weighted by Gasteiger charge is 2.13. The van der Waals surface area contributed by atoms with E-state index < -0.39 is 15.9 Å². The summed E-state index contributed by atoms with van der Waals surface area (Å²) in [5.41, 5.74) is 5.88. The van der Waals surface area contributed by atoms with Crippen LogP contribution in [-0.2, 0) is 19.6 Å². The van der Waals surface area contributed by atoms with Gasteiger partial charge in [-0.1, -0.05) is 0 Å². The van der Waals surface area contributed by atoms with E-state index in [9.17, 15) is 13.2 Å². The number of nitrogens with two attached hydrogens (primary N) is 1. The number of halogens is 1. The van der Waals surface area contributed by atoms with Crippen LogP contribution in [0.2, 0.25) is 0 Å². The lowest BCUT2D eigenvalue weighted by atomic mass is 10.3. The van der Waals surface area contributed by atoms with E-state index >= 15 is 0 Å². The van der Waals surface area contributed by atoms with Crippen LogP contribution >= 0.6 is 12.4 Å². The number of hydrogen-bond donors (Lipinski definition) is 3. The number of ether oxygens (including phenoxy) is 2. The summed E-state index contributed by atoms with van der Waals surface area (Å²) in [6.07, 6.45) is -0.0414. The Balaban J connectivity index is 0.00000576. The molecule has 1 aromatic carbocycles. The molecule has 0 radical (unpaired) electrons. The van der Waals surface area contributed by atoms with Gasteiger partial charge in [0.2, 0.25) is 15.9 Å². The molecule has 0 unspecified atom stereocenters. The van der Waals surface area contributed by atoms with Crippen molar-refractivity contribution in [3.63, 3.8) is 0 Å². The van der Waals surface area contributed by atoms with Gasteiger partial charge in [-0.3, -0.25) is 4.79 Å². The van der Waals surface area contributed by atoms with Gasteiger partial charge in [0.1, 0.15) is 12.4 Å². The monoisotopic (exact) mass is 395 g/mol. The first-order chi connectivity index (χ1) is 11.3. The van der Waals surface area contributed by atoms with Crippen LogP contribution in [0.1, 0.15) is 13.8 Å². The molecule has 8 nitrogen and oxygen atoms in total. The topological polar surface area (TPSA) is 120 Å². The van der Waals surface area contributed by atoms with Gasteiger partial charge in [-0.25, -0.2) is 13.1 Å². The molecule has 25 heavy (non-hydrogen) atoms. The average molecular weight is 396 g/mol. The maximum absolute atomic E-state index is 11.8. The number of hydrogen-bond acceptors (Lipinski definition) is 6. The third-order valence-corrected chi connectivity index (χ3v) is 4.07. The van der Waals surface area contributed by atoms with Crippen molar-refractivity contribution in [1.29, 1.82) is 0 Å². The van der Waals surface area contributed by atoms with Crippen molar-refractivity contribution < 1.29 is 22.7 Å². The lowest BCUT2D eigenvalue weighted by molar-refractivity contribution is -0.115. The van der Waals surface area contributed by atoms with Crippen molar-refractivity contribution in [3.05, 3.63) is 24.3 Å². The molecule has 0 heterocycles. The molecule has 144 valence electrons. The SMILES string of the molecule is CC(C)OCCS(=O)(=O)NCC(=O)Nc1ccc(OCCN)cc1.Cl. The van der Waals surface area contributed by atoms with Gasteiger partial charge in [0.25, 0.3) is 0 Å². The van der Waals surface area contributed by atoms with E-state index in [-0.39, 0.29) is 37.4 Å². The Morgan fingerprint density at radius 3 is 2.40 bits per heavy atom. The lowest BCUT2D eigenvalue weighted by Crippen LogP contribution is -2.35. The number of amides is 1. The van der Waals surface area contributed by atoms with Crippen LogP contribution < -0.4 is 20.5 Å². The van der Waals surface area contributed by atoms with Crippen LogP contribution in [0.15, 0.2) is 24.3 Å². The molecule has 4 N–H and O–H groups in total. The largest absolute Gasteiger partial charge is 0.492 e. The molecule has 0 saturated carbocycles. The van der Waals surface area contributed by atoms with Crippen LogP contribution in [0, 0.1) is 0 Å². The number of sulfonamides is 1. The van der Waals surface area contributed by atoms with Gasteiger partial charge in [0, 0.05) is 12.2 Å². The van der Waals surface area contributed by atoms with Crippen LogP contribution in [0.5, 0.6) is 5.75 Å². The summed E-state index contributed by atoms with van der Waals surface area (Å²) in [4.78, 5) is 11.8. The van der Waals surface area contributed by atoms with Gasteiger partial charge >= 0.3 is 0 Å². The maximum atomic E-state index is 11.8. The number of carbonyl (C=O) groups excluding carboxylic acids is 1. The summed E-state index contributed by atoms with van der Waals surface area (Å²) in [7, 11) is -3.55. The predicted octanol–water partition coefficient (Wildman–Crippen LogP) is 0.729. The second-order valence-corrected chi connectivity index (χ2v) is 7.20. The summed E-state index contributed by atoms with van der Waals surface area (Å²) >= 11 is 0. The minimum Gasteiger partial charge on any atom is -0.492 e. The van der Waals surface area contributed by atoms with Gasteiger partial charge in [-0.2, -0.15) is 0 Å². The zero-order chi connectivity index (χ0) is 18.0. The van der Waals surface area contributed by atoms with Crippen LogP contribution in [0.3, 0.4) is 0 Å². The van der Waals surface area contributed by atoms with E-state index in [2.05, 4.69) is 10.0 Å². The molecule has 0 aliphatic carbocycles. The Labute approximate surface area is 154 Å². The highest BCUT2D eigenvalue weighted by atomic mass is 35.5. The molecular weight excluding hydrogens is 370 g/mol. The smallest absolute Gasteiger partial charge is 0.239 e. The summed E-state index contributed by atoms with van der Waals surface area (Å²) < 4.78 is 36.2. The molecule has 0 saturated heterocycles. The van der Waals surface area contributed by atoms with Crippen molar-refractivity contribution in [2.24, 2.45) is 5.73 Å². The minimum absolute atomic E-state index is 0. The molecule has 1 rings (SSSR count). The normalized spacial score (nSPS) is 11.0. The lowest BCUT2D eigenvalue weighted by Gasteiger charge is -2.10. The average Bonchev–Trinajstić information content (AvgIpc) is 2.52. The number of benzene rings is 1. The molecule has 10 heteroatoms. The zero-order valence-corrected chi connectivity index (χ0v) is 16.0. The Morgan fingerprint density at radius 1 is 1.20 bits per heavy atom. The van der Waals surface area contributed by atoms with E-state index in [0.717, 1.165) is 0 Å². The van der Waals surface area contributed by atoms with Gasteiger partial charge in [0.15, 0.2) is 0 Å². The van der Waals surface area contributed by atoms with Crippen molar-refractivity contribution >= 4 is 34.0 Å². The summed E-state index contributed by atoms with van der Waals surface area (Å²) in [6, 6.07) is 6.71. The fourth-order valence-corrected chi connectivity index (χ4v) is 2.47. The quantitative estimate of drug-likeness (QED) is 0.508. The highest BCUT2D eigenvalue weighted by molar-refractivity contribution is 7.89. The van der Waals surface area contributed by atoms with Crippen molar-refractivity contribution in [3.8, 4) is 5.75 Å². The molecule has 0 spiro atoms. The second-order valence-electron chi connectivity index (χ2n) is 5.27. The standard InChI is InChI=1S/C15H25N3O5S.ClH/c1-12(2)22-9-10-24(20,21)17-11-15(19)18-13-3-5-14(6-4-13)23-8-7-16;/h3-6,12,17H,7-11,16H2,1-2H3,(H,18,19);1H. The van der Waals surface area contributed by atoms with E-state index in [4.69, 9.17) is 15.2 Å². The fraction of sp³-hybridized carbons (Fsp3) is 0.533. The summed E-state index contributed by atoms with van der Waals surface area (Å²) in [5.74, 6) is -0.00525. The first-order valence-corrected chi connectivity index (χ1v) is 9.29. The Bertz CT molecular complexity index is 608. The minimum atomic E-state index is -3.55. The fourth-order valence-electron chi connectivity index (χ4n) is 1.66. The van der Waals surface area contributed by atoms with Crippen LogP contribution in [-0.4, -0.2) is 52.5 Å². The van der Waals surface area contributed by atoms with Crippen molar-refractivity contribution in [2.45, 2.75) is 20.0 Å². The van der Waals surface area contributed by atoms with Gasteiger partial charge in [0.05, 0.1) is 25.0 Å². The highest BCUT2D eigenvalue weighted by Crippen LogP contribution is 2.15. The van der Waals surface area contributed by atoms with Gasteiger partial charge < -0.3 is 20.5 Å². The maximum Gasteiger partial charge on any atom is 0.239 e. The Hall–Kier alpha value is -1.39. The van der Waals surface area contributed by atoms with Crippen molar-refractivity contribution in [2.75, 3.05) is 37.4 Å². The second kappa shape index (κ2) is 12.0. The Kier molecular flexibility index (Phi) is 11.4. The molecule has 1 aromatic rings. The molecular formula is C15H26ClN3O5S. The third-order valence-electron chi connectivity index (χ3n) is 2.78. The molecule has 0 aliphatic rings. The number of anilines is 1. The molecule has 0 fully saturated rings. The van der Waals surface area contributed by atoms with E-state index in [1.165, 1.54) is 0 Å². The molecule has 1 amide bonds. The van der Waals surface area contributed by atoms with Gasteiger partial charge in [-0.15, -0.1) is 12.4 Å². The molecule has 0 aliphatic heterocycles. The van der Waals surface area contributed by atoms with Gasteiger partial charge in [-0.05, 0) is 38.1 Å². The van der Waals surface area contributed by atoms with Crippen LogP contribution in [0.4, 0.5) is 5.69 Å². The zero-order valence-electron chi connectivity index (χ0n) is 14.4. The number of nitrogens with one attached hydrogen (secondary N) is 2. The predicted molar refractivity (Wildman–Crippen MR) is 99.7 cm³/mol. The van der Waals surface area contributed by atoms with Crippen molar-refractivity contribution in [1.82, 2.24) is 4.72 Å². The first-order valence-electron chi connectivity index (χ1n) is 7.64. The molecule has 0 bridgehead atoms.